The number of phenolic OH excluding ortho intramolecular Hbond substituents is 2. The molecule has 0 bridgehead atoms. The number of carbonyl (C=O) groups excluding carboxylic acids is 1. The van der Waals surface area contributed by atoms with Crippen LogP contribution in [-0.4, -0.2) is 42.8 Å². The average Bonchev–Trinajstić information content (AvgIpc) is 3.36. The first-order valence-corrected chi connectivity index (χ1v) is 10.6. The van der Waals surface area contributed by atoms with Crippen LogP contribution in [0.25, 0.3) is 11.3 Å². The van der Waals surface area contributed by atoms with Crippen molar-refractivity contribution in [3.63, 3.8) is 0 Å². The molecule has 2 aromatic heterocycles. The Hall–Kier alpha value is -4.33. The van der Waals surface area contributed by atoms with Gasteiger partial charge in [-0.25, -0.2) is 0 Å². The predicted octanol–water partition coefficient (Wildman–Crippen LogP) is 4.03. The molecule has 1 amide bonds. The zero-order valence-electron chi connectivity index (χ0n) is 17.9. The Morgan fingerprint density at radius 1 is 1.09 bits per heavy atom. The van der Waals surface area contributed by atoms with Gasteiger partial charge in [0.15, 0.2) is 11.5 Å². The van der Waals surface area contributed by atoms with E-state index >= 15 is 0 Å². The first-order chi connectivity index (χ1) is 16.1. The number of aromatic hydroxyl groups is 2. The number of aromatic amines is 1. The van der Waals surface area contributed by atoms with Crippen molar-refractivity contribution >= 4 is 5.91 Å². The predicted molar refractivity (Wildman–Crippen MR) is 121 cm³/mol. The summed E-state index contributed by atoms with van der Waals surface area (Å²) in [5.41, 5.74) is 3.69. The highest BCUT2D eigenvalue weighted by atomic mass is 16.5. The van der Waals surface area contributed by atoms with Crippen LogP contribution in [0.2, 0.25) is 0 Å². The molecule has 4 aromatic rings. The van der Waals surface area contributed by atoms with Crippen LogP contribution in [0.15, 0.2) is 67.0 Å². The van der Waals surface area contributed by atoms with Gasteiger partial charge < -0.3 is 19.8 Å². The van der Waals surface area contributed by atoms with Crippen molar-refractivity contribution in [2.45, 2.75) is 19.5 Å². The molecule has 0 radical (unpaired) electrons. The zero-order valence-corrected chi connectivity index (χ0v) is 17.9. The minimum absolute atomic E-state index is 0.0251. The van der Waals surface area contributed by atoms with Gasteiger partial charge in [0.2, 0.25) is 0 Å². The van der Waals surface area contributed by atoms with Gasteiger partial charge in [0.1, 0.15) is 17.1 Å². The number of amides is 1. The summed E-state index contributed by atoms with van der Waals surface area (Å²) in [5, 5.41) is 28.0. The molecule has 8 heteroatoms. The first kappa shape index (κ1) is 20.6. The number of para-hydroxylation sites is 1. The fourth-order valence-electron chi connectivity index (χ4n) is 4.25. The number of phenols is 2. The number of rotatable bonds is 6. The van der Waals surface area contributed by atoms with Gasteiger partial charge >= 0.3 is 0 Å². The van der Waals surface area contributed by atoms with E-state index in [0.29, 0.717) is 41.4 Å². The van der Waals surface area contributed by atoms with Gasteiger partial charge in [-0.05, 0) is 48.4 Å². The molecule has 0 aliphatic carbocycles. The third-order valence-electron chi connectivity index (χ3n) is 5.70. The molecule has 1 aliphatic rings. The largest absolute Gasteiger partial charge is 0.507 e. The molecule has 0 fully saturated rings. The molecule has 1 atom stereocenters. The molecule has 3 N–H and O–H groups in total. The maximum absolute atomic E-state index is 13.5. The number of pyridine rings is 1. The number of hydrogen-bond acceptors (Lipinski definition) is 6. The Balaban J connectivity index is 1.68. The summed E-state index contributed by atoms with van der Waals surface area (Å²) in [7, 11) is 0. The Morgan fingerprint density at radius 3 is 2.70 bits per heavy atom. The second-order valence-corrected chi connectivity index (χ2v) is 7.74. The maximum Gasteiger partial charge on any atom is 0.273 e. The lowest BCUT2D eigenvalue weighted by Gasteiger charge is -2.27. The van der Waals surface area contributed by atoms with Crippen LogP contribution in [0.1, 0.15) is 40.1 Å². The Morgan fingerprint density at radius 2 is 1.94 bits per heavy atom. The molecule has 5 rings (SSSR count). The number of aromatic nitrogens is 3. The molecule has 0 unspecified atom stereocenters. The fourth-order valence-corrected chi connectivity index (χ4v) is 4.25. The van der Waals surface area contributed by atoms with E-state index < -0.39 is 6.04 Å². The summed E-state index contributed by atoms with van der Waals surface area (Å²) < 4.78 is 5.59. The molecule has 0 saturated carbocycles. The van der Waals surface area contributed by atoms with Crippen LogP contribution in [0.5, 0.6) is 17.2 Å². The van der Waals surface area contributed by atoms with E-state index in [2.05, 4.69) is 15.2 Å². The minimum Gasteiger partial charge on any atom is -0.507 e. The summed E-state index contributed by atoms with van der Waals surface area (Å²) in [5.74, 6) is 0.227. The summed E-state index contributed by atoms with van der Waals surface area (Å²) in [6.45, 7) is 2.55. The highest BCUT2D eigenvalue weighted by Crippen LogP contribution is 2.46. The first-order valence-electron chi connectivity index (χ1n) is 10.6. The molecule has 8 nitrogen and oxygen atoms in total. The SMILES string of the molecule is CCOc1cc([C@@H]2c3c(-c4ccccc4O)n[nH]c3C(=O)N2Cc2cccnc2)ccc1O. The second kappa shape index (κ2) is 8.31. The van der Waals surface area contributed by atoms with Gasteiger partial charge in [-0.3, -0.25) is 14.9 Å². The number of carbonyl (C=O) groups is 1. The number of fused-ring (bicyclic) bond motifs is 1. The molecule has 3 heterocycles. The second-order valence-electron chi connectivity index (χ2n) is 7.74. The normalized spacial score (nSPS) is 15.0. The van der Waals surface area contributed by atoms with Crippen molar-refractivity contribution in [2.75, 3.05) is 6.61 Å². The molecular formula is C25H22N4O4. The van der Waals surface area contributed by atoms with Crippen molar-refractivity contribution in [3.05, 3.63) is 89.4 Å². The number of benzene rings is 2. The van der Waals surface area contributed by atoms with Gasteiger partial charge in [0.25, 0.3) is 5.91 Å². The standard InChI is InChI=1S/C25H22N4O4/c1-2-33-20-12-16(9-10-19(20)31)24-21-22(17-7-3-4-8-18(17)30)27-28-23(21)25(32)29(24)14-15-6-5-11-26-13-15/h3-13,24,30-31H,2,14H2,1H3,(H,27,28)/t24-/m1/s1. The van der Waals surface area contributed by atoms with E-state index in [0.717, 1.165) is 11.1 Å². The van der Waals surface area contributed by atoms with E-state index in [-0.39, 0.29) is 17.4 Å². The van der Waals surface area contributed by atoms with Crippen LogP contribution in [0, 0.1) is 0 Å². The highest BCUT2D eigenvalue weighted by molar-refractivity contribution is 6.00. The fraction of sp³-hybridized carbons (Fsp3) is 0.160. The van der Waals surface area contributed by atoms with E-state index in [1.807, 2.05) is 25.1 Å². The lowest BCUT2D eigenvalue weighted by molar-refractivity contribution is 0.0729. The zero-order chi connectivity index (χ0) is 22.9. The summed E-state index contributed by atoms with van der Waals surface area (Å²) in [6, 6.07) is 15.2. The van der Waals surface area contributed by atoms with E-state index in [4.69, 9.17) is 4.74 Å². The number of nitrogens with one attached hydrogen (secondary N) is 1. The number of hydrogen-bond donors (Lipinski definition) is 3. The average molecular weight is 442 g/mol. The van der Waals surface area contributed by atoms with Gasteiger partial charge in [-0.2, -0.15) is 5.10 Å². The monoisotopic (exact) mass is 442 g/mol. The molecule has 166 valence electrons. The van der Waals surface area contributed by atoms with Crippen molar-refractivity contribution in [2.24, 2.45) is 0 Å². The third-order valence-corrected chi connectivity index (χ3v) is 5.70. The van der Waals surface area contributed by atoms with Crippen molar-refractivity contribution in [1.29, 1.82) is 0 Å². The van der Waals surface area contributed by atoms with E-state index in [1.54, 1.807) is 53.7 Å². The smallest absolute Gasteiger partial charge is 0.273 e. The van der Waals surface area contributed by atoms with Crippen molar-refractivity contribution in [1.82, 2.24) is 20.1 Å². The molecule has 2 aromatic carbocycles. The Labute approximate surface area is 190 Å². The maximum atomic E-state index is 13.5. The highest BCUT2D eigenvalue weighted by Gasteiger charge is 2.42. The van der Waals surface area contributed by atoms with Gasteiger partial charge in [0, 0.05) is 30.1 Å². The van der Waals surface area contributed by atoms with Crippen LogP contribution < -0.4 is 4.74 Å². The van der Waals surface area contributed by atoms with Crippen LogP contribution in [0.4, 0.5) is 0 Å². The van der Waals surface area contributed by atoms with Crippen LogP contribution in [0.3, 0.4) is 0 Å². The molecule has 1 aliphatic heterocycles. The third kappa shape index (κ3) is 3.55. The number of H-pyrrole nitrogens is 1. The van der Waals surface area contributed by atoms with E-state index in [9.17, 15) is 15.0 Å². The lowest BCUT2D eigenvalue weighted by Crippen LogP contribution is -2.29. The van der Waals surface area contributed by atoms with Crippen molar-refractivity contribution in [3.8, 4) is 28.5 Å². The molecular weight excluding hydrogens is 420 g/mol. The van der Waals surface area contributed by atoms with E-state index in [1.165, 1.54) is 0 Å². The summed E-state index contributed by atoms with van der Waals surface area (Å²) >= 11 is 0. The molecule has 0 saturated heterocycles. The summed E-state index contributed by atoms with van der Waals surface area (Å²) in [4.78, 5) is 19.4. The minimum atomic E-state index is -0.513. The van der Waals surface area contributed by atoms with Gasteiger partial charge in [-0.1, -0.05) is 24.3 Å². The number of ether oxygens (including phenoxy) is 1. The quantitative estimate of drug-likeness (QED) is 0.416. The topological polar surface area (TPSA) is 112 Å². The molecule has 0 spiro atoms. The van der Waals surface area contributed by atoms with Gasteiger partial charge in [0.05, 0.1) is 12.6 Å². The number of nitrogens with zero attached hydrogens (tertiary/aromatic N) is 3. The lowest BCUT2D eigenvalue weighted by atomic mass is 9.95. The molecule has 33 heavy (non-hydrogen) atoms. The Kier molecular flexibility index (Phi) is 5.18. The summed E-state index contributed by atoms with van der Waals surface area (Å²) in [6.07, 6.45) is 3.41. The van der Waals surface area contributed by atoms with Crippen molar-refractivity contribution < 1.29 is 19.7 Å². The van der Waals surface area contributed by atoms with Crippen LogP contribution in [-0.2, 0) is 6.54 Å². The van der Waals surface area contributed by atoms with Gasteiger partial charge in [-0.15, -0.1) is 0 Å². The van der Waals surface area contributed by atoms with Crippen LogP contribution >= 0.6 is 0 Å². The Bertz CT molecular complexity index is 1320.